The van der Waals surface area contributed by atoms with Crippen LogP contribution < -0.4 is 4.74 Å². The van der Waals surface area contributed by atoms with Gasteiger partial charge in [-0.1, -0.05) is 23.2 Å². The average molecular weight is 404 g/mol. The first-order valence-electron chi connectivity index (χ1n) is 7.99. The van der Waals surface area contributed by atoms with Crippen molar-refractivity contribution >= 4 is 41.0 Å². The highest BCUT2D eigenvalue weighted by molar-refractivity contribution is 6.35. The number of amides is 1. The first-order chi connectivity index (χ1) is 12.4. The first-order valence-corrected chi connectivity index (χ1v) is 8.75. The summed E-state index contributed by atoms with van der Waals surface area (Å²) in [5.41, 5.74) is 0. The molecule has 1 fully saturated rings. The molecule has 1 saturated heterocycles. The minimum atomic E-state index is -0.686. The molecule has 2 rings (SSSR count). The monoisotopic (exact) mass is 403 g/mol. The summed E-state index contributed by atoms with van der Waals surface area (Å²) in [6.45, 7) is 0.0958. The zero-order valence-electron chi connectivity index (χ0n) is 14.2. The Kier molecular flexibility index (Phi) is 7.53. The summed E-state index contributed by atoms with van der Waals surface area (Å²) in [5.74, 6) is -1.16. The molecule has 0 atom stereocenters. The van der Waals surface area contributed by atoms with E-state index in [0.29, 0.717) is 36.7 Å². The van der Waals surface area contributed by atoms with Gasteiger partial charge in [-0.05, 0) is 31.0 Å². The fourth-order valence-corrected chi connectivity index (χ4v) is 3.00. The second-order valence-corrected chi connectivity index (χ2v) is 6.55. The van der Waals surface area contributed by atoms with Gasteiger partial charge < -0.3 is 19.1 Å². The summed E-state index contributed by atoms with van der Waals surface area (Å²) in [7, 11) is 1.35. The summed E-state index contributed by atoms with van der Waals surface area (Å²) in [4.78, 5) is 36.8. The van der Waals surface area contributed by atoms with Crippen molar-refractivity contribution in [3.63, 3.8) is 0 Å². The highest BCUT2D eigenvalue weighted by Crippen LogP contribution is 2.27. The Hall–Kier alpha value is -1.99. The first kappa shape index (κ1) is 20.3. The summed E-state index contributed by atoms with van der Waals surface area (Å²) in [6.07, 6.45) is 1.06. The number of piperidine rings is 1. The number of nitrogens with zero attached hydrogens (tertiary/aromatic N) is 1. The molecule has 0 aromatic heterocycles. The van der Waals surface area contributed by atoms with Crippen molar-refractivity contribution in [2.45, 2.75) is 12.8 Å². The quantitative estimate of drug-likeness (QED) is 0.677. The molecule has 26 heavy (non-hydrogen) atoms. The second kappa shape index (κ2) is 9.64. The van der Waals surface area contributed by atoms with Gasteiger partial charge in [0.05, 0.1) is 18.1 Å². The maximum Gasteiger partial charge on any atom is 0.344 e. The molecule has 9 heteroatoms. The number of carbonyl (C=O) groups is 3. The van der Waals surface area contributed by atoms with Gasteiger partial charge >= 0.3 is 11.9 Å². The van der Waals surface area contributed by atoms with Crippen molar-refractivity contribution in [1.82, 2.24) is 4.90 Å². The predicted octanol–water partition coefficient (Wildman–Crippen LogP) is 2.33. The van der Waals surface area contributed by atoms with E-state index >= 15 is 0 Å². The largest absolute Gasteiger partial charge is 0.480 e. The van der Waals surface area contributed by atoms with Gasteiger partial charge in [0.1, 0.15) is 5.75 Å². The summed E-state index contributed by atoms with van der Waals surface area (Å²) in [5, 5.41) is 0.723. The third-order valence-corrected chi connectivity index (χ3v) is 4.51. The second-order valence-electron chi connectivity index (χ2n) is 5.70. The van der Waals surface area contributed by atoms with Gasteiger partial charge in [0.2, 0.25) is 0 Å². The van der Waals surface area contributed by atoms with E-state index in [1.165, 1.54) is 19.2 Å². The minimum absolute atomic E-state index is 0.191. The van der Waals surface area contributed by atoms with E-state index < -0.39 is 5.97 Å². The predicted molar refractivity (Wildman–Crippen MR) is 94.2 cm³/mol. The molecule has 0 spiro atoms. The molecular formula is C17H19Cl2NO6. The number of carbonyl (C=O) groups excluding carboxylic acids is 3. The van der Waals surface area contributed by atoms with Crippen LogP contribution in [-0.4, -0.2) is 56.2 Å². The van der Waals surface area contributed by atoms with E-state index in [1.807, 2.05) is 0 Å². The number of likely N-dealkylation sites (tertiary alicyclic amines) is 1. The van der Waals surface area contributed by atoms with E-state index in [-0.39, 0.29) is 36.0 Å². The van der Waals surface area contributed by atoms with Crippen LogP contribution in [0.25, 0.3) is 0 Å². The van der Waals surface area contributed by atoms with Crippen LogP contribution in [0.5, 0.6) is 5.75 Å². The molecule has 1 heterocycles. The lowest BCUT2D eigenvalue weighted by Gasteiger charge is -2.30. The van der Waals surface area contributed by atoms with Crippen molar-refractivity contribution in [3.05, 3.63) is 28.2 Å². The van der Waals surface area contributed by atoms with Crippen LogP contribution in [0.2, 0.25) is 10.0 Å². The van der Waals surface area contributed by atoms with Crippen LogP contribution in [-0.2, 0) is 23.9 Å². The lowest BCUT2D eigenvalue weighted by atomic mass is 9.97. The van der Waals surface area contributed by atoms with Gasteiger partial charge in [-0.3, -0.25) is 9.59 Å². The summed E-state index contributed by atoms with van der Waals surface area (Å²) in [6, 6.07) is 4.61. The molecule has 1 aromatic rings. The normalized spacial score (nSPS) is 14.7. The number of rotatable bonds is 6. The fourth-order valence-electron chi connectivity index (χ4n) is 2.54. The van der Waals surface area contributed by atoms with E-state index in [0.717, 1.165) is 0 Å². The van der Waals surface area contributed by atoms with Crippen molar-refractivity contribution < 1.29 is 28.6 Å². The maximum atomic E-state index is 12.1. The van der Waals surface area contributed by atoms with E-state index in [1.54, 1.807) is 11.0 Å². The molecule has 0 N–H and O–H groups in total. The third kappa shape index (κ3) is 5.78. The smallest absolute Gasteiger partial charge is 0.344 e. The third-order valence-electron chi connectivity index (χ3n) is 3.98. The molecule has 1 aliphatic heterocycles. The van der Waals surface area contributed by atoms with Gasteiger partial charge in [-0.25, -0.2) is 4.79 Å². The topological polar surface area (TPSA) is 82.1 Å². The SMILES string of the molecule is COC(=O)C1CCN(C(=O)COC(=O)COc2ccc(Cl)cc2Cl)CC1. The van der Waals surface area contributed by atoms with Gasteiger partial charge in [-0.15, -0.1) is 0 Å². The zero-order valence-corrected chi connectivity index (χ0v) is 15.7. The lowest BCUT2D eigenvalue weighted by Crippen LogP contribution is -2.42. The van der Waals surface area contributed by atoms with Crippen LogP contribution in [0, 0.1) is 5.92 Å². The Morgan fingerprint density at radius 1 is 1.15 bits per heavy atom. The summed E-state index contributed by atoms with van der Waals surface area (Å²) >= 11 is 11.7. The zero-order chi connectivity index (χ0) is 19.1. The number of halogens is 2. The van der Waals surface area contributed by atoms with Gasteiger partial charge in [0, 0.05) is 18.1 Å². The molecule has 142 valence electrons. The van der Waals surface area contributed by atoms with E-state index in [9.17, 15) is 14.4 Å². The number of ether oxygens (including phenoxy) is 3. The van der Waals surface area contributed by atoms with Crippen molar-refractivity contribution in [2.24, 2.45) is 5.92 Å². The molecule has 0 saturated carbocycles. The molecule has 7 nitrogen and oxygen atoms in total. The van der Waals surface area contributed by atoms with Crippen molar-refractivity contribution in [2.75, 3.05) is 33.4 Å². The van der Waals surface area contributed by atoms with E-state index in [2.05, 4.69) is 0 Å². The Bertz CT molecular complexity index is 673. The number of methoxy groups -OCH3 is 1. The maximum absolute atomic E-state index is 12.1. The van der Waals surface area contributed by atoms with Crippen molar-refractivity contribution in [3.8, 4) is 5.75 Å². The van der Waals surface area contributed by atoms with Crippen LogP contribution in [0.4, 0.5) is 0 Å². The van der Waals surface area contributed by atoms with Crippen LogP contribution >= 0.6 is 23.2 Å². The Labute approximate surface area is 161 Å². The molecule has 0 bridgehead atoms. The molecular weight excluding hydrogens is 385 g/mol. The van der Waals surface area contributed by atoms with E-state index in [4.69, 9.17) is 37.4 Å². The number of benzene rings is 1. The standard InChI is InChI=1S/C17H19Cl2NO6/c1-24-17(23)11-4-6-20(7-5-11)15(21)9-26-16(22)10-25-14-3-2-12(18)8-13(14)19/h2-3,8,11H,4-7,9-10H2,1H3. The van der Waals surface area contributed by atoms with Gasteiger partial charge in [0.15, 0.2) is 13.2 Å². The minimum Gasteiger partial charge on any atom is -0.480 e. The highest BCUT2D eigenvalue weighted by Gasteiger charge is 2.28. The fraction of sp³-hybridized carbons (Fsp3) is 0.471. The molecule has 1 aliphatic rings. The van der Waals surface area contributed by atoms with Crippen LogP contribution in [0.3, 0.4) is 0 Å². The molecule has 0 unspecified atom stereocenters. The Morgan fingerprint density at radius 2 is 1.85 bits per heavy atom. The Balaban J connectivity index is 1.70. The van der Waals surface area contributed by atoms with Gasteiger partial charge in [0.25, 0.3) is 5.91 Å². The number of hydrogen-bond donors (Lipinski definition) is 0. The average Bonchev–Trinajstić information content (AvgIpc) is 2.64. The van der Waals surface area contributed by atoms with Crippen molar-refractivity contribution in [1.29, 1.82) is 0 Å². The molecule has 0 radical (unpaired) electrons. The molecule has 1 aromatic carbocycles. The number of esters is 2. The number of hydrogen-bond acceptors (Lipinski definition) is 6. The van der Waals surface area contributed by atoms with Crippen LogP contribution in [0.1, 0.15) is 12.8 Å². The lowest BCUT2D eigenvalue weighted by molar-refractivity contribution is -0.155. The Morgan fingerprint density at radius 3 is 2.46 bits per heavy atom. The summed E-state index contributed by atoms with van der Waals surface area (Å²) < 4.78 is 14.9. The molecule has 1 amide bonds. The highest BCUT2D eigenvalue weighted by atomic mass is 35.5. The van der Waals surface area contributed by atoms with Gasteiger partial charge in [-0.2, -0.15) is 0 Å². The van der Waals surface area contributed by atoms with Crippen LogP contribution in [0.15, 0.2) is 18.2 Å². The molecule has 0 aliphatic carbocycles.